The average Bonchev–Trinajstić information content (AvgIpc) is 2.32. The fourth-order valence-electron chi connectivity index (χ4n) is 1.87. The lowest BCUT2D eigenvalue weighted by Crippen LogP contribution is -2.26. The maximum Gasteiger partial charge on any atom is 0.293 e. The Hall–Kier alpha value is -1.36. The van der Waals surface area contributed by atoms with Crippen molar-refractivity contribution in [1.29, 1.82) is 0 Å². The molecule has 0 bridgehead atoms. The van der Waals surface area contributed by atoms with E-state index in [2.05, 4.69) is 43.1 Å². The Morgan fingerprint density at radius 3 is 2.74 bits per heavy atom. The minimum Gasteiger partial charge on any atom is -0.365 e. The summed E-state index contributed by atoms with van der Waals surface area (Å²) in [7, 11) is 4.13. The molecule has 0 amide bonds. The summed E-state index contributed by atoms with van der Waals surface area (Å²) in [6, 6.07) is 0. The van der Waals surface area contributed by atoms with Gasteiger partial charge in [0.2, 0.25) is 0 Å². The van der Waals surface area contributed by atoms with Crippen molar-refractivity contribution in [2.24, 2.45) is 5.92 Å². The van der Waals surface area contributed by atoms with Crippen molar-refractivity contribution < 1.29 is 0 Å². The van der Waals surface area contributed by atoms with Gasteiger partial charge >= 0.3 is 0 Å². The van der Waals surface area contributed by atoms with E-state index in [4.69, 9.17) is 0 Å². The number of rotatable bonds is 8. The van der Waals surface area contributed by atoms with Gasteiger partial charge in [0, 0.05) is 25.5 Å². The van der Waals surface area contributed by atoms with Crippen LogP contribution in [0.3, 0.4) is 0 Å². The zero-order chi connectivity index (χ0) is 14.3. The normalized spacial score (nSPS) is 11.3. The zero-order valence-electron chi connectivity index (χ0n) is 12.5. The molecule has 5 nitrogen and oxygen atoms in total. The Balaban J connectivity index is 2.48. The van der Waals surface area contributed by atoms with Crippen LogP contribution in [0.4, 0.5) is 5.82 Å². The van der Waals surface area contributed by atoms with Crippen LogP contribution in [-0.2, 0) is 6.54 Å². The molecule has 1 aromatic heterocycles. The number of anilines is 1. The lowest BCUT2D eigenvalue weighted by atomic mass is 10.2. The number of aromatic nitrogens is 2. The molecular formula is C14H26N4O. The van der Waals surface area contributed by atoms with Crippen LogP contribution in [0.5, 0.6) is 0 Å². The molecule has 0 spiro atoms. The average molecular weight is 266 g/mol. The van der Waals surface area contributed by atoms with Crippen molar-refractivity contribution in [2.75, 3.05) is 32.5 Å². The highest BCUT2D eigenvalue weighted by Crippen LogP contribution is 1.99. The van der Waals surface area contributed by atoms with Gasteiger partial charge in [-0.15, -0.1) is 0 Å². The van der Waals surface area contributed by atoms with Gasteiger partial charge in [0.1, 0.15) is 0 Å². The largest absolute Gasteiger partial charge is 0.365 e. The molecule has 0 saturated carbocycles. The van der Waals surface area contributed by atoms with Gasteiger partial charge in [-0.2, -0.15) is 0 Å². The minimum atomic E-state index is -0.0243. The highest BCUT2D eigenvalue weighted by atomic mass is 16.1. The number of nitrogens with one attached hydrogen (secondary N) is 1. The summed E-state index contributed by atoms with van der Waals surface area (Å²) in [5, 5.41) is 3.14. The van der Waals surface area contributed by atoms with Crippen LogP contribution in [0.1, 0.15) is 26.7 Å². The minimum absolute atomic E-state index is 0.0243. The number of hydrogen-bond donors (Lipinski definition) is 1. The predicted molar refractivity (Wildman–Crippen MR) is 79.6 cm³/mol. The van der Waals surface area contributed by atoms with E-state index in [-0.39, 0.29) is 5.56 Å². The van der Waals surface area contributed by atoms with E-state index in [0.29, 0.717) is 11.7 Å². The SMILES string of the molecule is CC(C)Cn1ccnc(NCCCCN(C)C)c1=O. The molecule has 1 heterocycles. The molecule has 0 radical (unpaired) electrons. The molecular weight excluding hydrogens is 240 g/mol. The molecule has 0 fully saturated rings. The van der Waals surface area contributed by atoms with E-state index in [1.807, 2.05) is 0 Å². The van der Waals surface area contributed by atoms with Crippen LogP contribution in [0.15, 0.2) is 17.2 Å². The van der Waals surface area contributed by atoms with Crippen molar-refractivity contribution in [1.82, 2.24) is 14.5 Å². The van der Waals surface area contributed by atoms with E-state index in [1.165, 1.54) is 0 Å². The van der Waals surface area contributed by atoms with Crippen LogP contribution in [0.2, 0.25) is 0 Å². The third-order valence-electron chi connectivity index (χ3n) is 2.80. The summed E-state index contributed by atoms with van der Waals surface area (Å²) in [5.41, 5.74) is -0.0243. The fourth-order valence-corrected chi connectivity index (χ4v) is 1.87. The van der Waals surface area contributed by atoms with Crippen molar-refractivity contribution >= 4 is 5.82 Å². The highest BCUT2D eigenvalue weighted by molar-refractivity contribution is 5.30. The second kappa shape index (κ2) is 7.94. The van der Waals surface area contributed by atoms with Gasteiger partial charge < -0.3 is 14.8 Å². The fraction of sp³-hybridized carbons (Fsp3) is 0.714. The second-order valence-corrected chi connectivity index (χ2v) is 5.56. The summed E-state index contributed by atoms with van der Waals surface area (Å²) >= 11 is 0. The van der Waals surface area contributed by atoms with Gasteiger partial charge in [-0.05, 0) is 39.4 Å². The van der Waals surface area contributed by atoms with Crippen molar-refractivity contribution in [2.45, 2.75) is 33.2 Å². The molecule has 0 aliphatic rings. The highest BCUT2D eigenvalue weighted by Gasteiger charge is 2.05. The maximum atomic E-state index is 12.1. The van der Waals surface area contributed by atoms with Gasteiger partial charge in [0.25, 0.3) is 5.56 Å². The molecule has 1 aromatic rings. The molecule has 19 heavy (non-hydrogen) atoms. The molecule has 1 rings (SSSR count). The molecule has 0 saturated heterocycles. The van der Waals surface area contributed by atoms with E-state index in [0.717, 1.165) is 32.5 Å². The molecule has 0 unspecified atom stereocenters. The third-order valence-corrected chi connectivity index (χ3v) is 2.80. The first kappa shape index (κ1) is 15.7. The first-order valence-corrected chi connectivity index (χ1v) is 6.94. The first-order valence-electron chi connectivity index (χ1n) is 6.94. The van der Waals surface area contributed by atoms with Gasteiger partial charge in [-0.1, -0.05) is 13.8 Å². The number of nitrogens with zero attached hydrogens (tertiary/aromatic N) is 3. The maximum absolute atomic E-state index is 12.1. The number of unbranched alkanes of at least 4 members (excludes halogenated alkanes) is 1. The number of hydrogen-bond acceptors (Lipinski definition) is 4. The lowest BCUT2D eigenvalue weighted by molar-refractivity contribution is 0.396. The van der Waals surface area contributed by atoms with Crippen molar-refractivity contribution in [3.05, 3.63) is 22.7 Å². The lowest BCUT2D eigenvalue weighted by Gasteiger charge is -2.11. The monoisotopic (exact) mass is 266 g/mol. The van der Waals surface area contributed by atoms with Gasteiger partial charge in [0.15, 0.2) is 5.82 Å². The van der Waals surface area contributed by atoms with Crippen LogP contribution in [-0.4, -0.2) is 41.6 Å². The predicted octanol–water partition coefficient (Wildman–Crippen LogP) is 1.65. The molecule has 0 atom stereocenters. The second-order valence-electron chi connectivity index (χ2n) is 5.56. The van der Waals surface area contributed by atoms with Gasteiger partial charge in [0.05, 0.1) is 0 Å². The smallest absolute Gasteiger partial charge is 0.293 e. The third kappa shape index (κ3) is 5.87. The van der Waals surface area contributed by atoms with Crippen molar-refractivity contribution in [3.63, 3.8) is 0 Å². The summed E-state index contributed by atoms with van der Waals surface area (Å²) in [6.45, 7) is 6.79. The molecule has 0 aliphatic heterocycles. The quantitative estimate of drug-likeness (QED) is 0.727. The molecule has 5 heteroatoms. The van der Waals surface area contributed by atoms with Crippen LogP contribution < -0.4 is 10.9 Å². The van der Waals surface area contributed by atoms with E-state index in [9.17, 15) is 4.79 Å². The van der Waals surface area contributed by atoms with Crippen LogP contribution in [0, 0.1) is 5.92 Å². The van der Waals surface area contributed by atoms with Crippen molar-refractivity contribution in [3.8, 4) is 0 Å². The Kier molecular flexibility index (Phi) is 6.56. The first-order chi connectivity index (χ1) is 9.00. The van der Waals surface area contributed by atoms with E-state index >= 15 is 0 Å². The summed E-state index contributed by atoms with van der Waals surface area (Å²) in [5.74, 6) is 0.918. The Morgan fingerprint density at radius 2 is 2.11 bits per heavy atom. The summed E-state index contributed by atoms with van der Waals surface area (Å²) < 4.78 is 1.72. The molecule has 0 aromatic carbocycles. The molecule has 0 aliphatic carbocycles. The van der Waals surface area contributed by atoms with Gasteiger partial charge in [-0.25, -0.2) is 4.98 Å². The summed E-state index contributed by atoms with van der Waals surface area (Å²) in [4.78, 5) is 18.4. The molecule has 108 valence electrons. The van der Waals surface area contributed by atoms with E-state index < -0.39 is 0 Å². The summed E-state index contributed by atoms with van der Waals surface area (Å²) in [6.07, 6.45) is 5.59. The molecule has 1 N–H and O–H groups in total. The Labute approximate surface area is 115 Å². The Morgan fingerprint density at radius 1 is 1.37 bits per heavy atom. The van der Waals surface area contributed by atoms with Crippen LogP contribution >= 0.6 is 0 Å². The Bertz CT molecular complexity index is 426. The van der Waals surface area contributed by atoms with Crippen LogP contribution in [0.25, 0.3) is 0 Å². The van der Waals surface area contributed by atoms with E-state index in [1.54, 1.807) is 17.0 Å². The topological polar surface area (TPSA) is 50.2 Å². The zero-order valence-corrected chi connectivity index (χ0v) is 12.5. The standard InChI is InChI=1S/C14H26N4O/c1-12(2)11-18-10-8-16-13(14(18)19)15-7-5-6-9-17(3)4/h8,10,12H,5-7,9,11H2,1-4H3,(H,15,16). The van der Waals surface area contributed by atoms with Gasteiger partial charge in [-0.3, -0.25) is 4.79 Å².